The largest absolute Gasteiger partial charge is 0.496 e. The Bertz CT molecular complexity index is 686. The second-order valence-electron chi connectivity index (χ2n) is 4.25. The van der Waals surface area contributed by atoms with E-state index in [4.69, 9.17) is 4.74 Å². The average molecular weight is 348 g/mol. The molecule has 0 saturated carbocycles. The van der Waals surface area contributed by atoms with Gasteiger partial charge in [0.15, 0.2) is 0 Å². The first-order valence-corrected chi connectivity index (χ1v) is 7.00. The van der Waals surface area contributed by atoms with Gasteiger partial charge in [0.2, 0.25) is 0 Å². The summed E-state index contributed by atoms with van der Waals surface area (Å²) in [6.07, 6.45) is 1.50. The smallest absolute Gasteiger partial charge is 0.275 e. The minimum atomic E-state index is -0.350. The van der Waals surface area contributed by atoms with Gasteiger partial charge in [0.25, 0.3) is 5.91 Å². The van der Waals surface area contributed by atoms with Gasteiger partial charge in [-0.1, -0.05) is 22.0 Å². The number of ether oxygens (including phenoxy) is 1. The zero-order valence-electron chi connectivity index (χ0n) is 11.6. The third kappa shape index (κ3) is 4.13. The fourth-order valence-electron chi connectivity index (χ4n) is 1.71. The first kappa shape index (κ1) is 15.2. The average Bonchev–Trinajstić information content (AvgIpc) is 2.47. The summed E-state index contributed by atoms with van der Waals surface area (Å²) in [6.45, 7) is 1.89. The molecule has 5 nitrogen and oxygen atoms in total. The van der Waals surface area contributed by atoms with Crippen molar-refractivity contribution in [3.8, 4) is 5.75 Å². The molecule has 21 heavy (non-hydrogen) atoms. The van der Waals surface area contributed by atoms with Crippen LogP contribution >= 0.6 is 15.9 Å². The number of aryl methyl sites for hydroxylation is 1. The van der Waals surface area contributed by atoms with Crippen LogP contribution in [0.5, 0.6) is 5.75 Å². The summed E-state index contributed by atoms with van der Waals surface area (Å²) in [5.41, 5.74) is 4.43. The number of amides is 1. The lowest BCUT2D eigenvalue weighted by molar-refractivity contribution is 0.0952. The van der Waals surface area contributed by atoms with Crippen LogP contribution in [-0.2, 0) is 0 Å². The second-order valence-corrected chi connectivity index (χ2v) is 5.16. The lowest BCUT2D eigenvalue weighted by Gasteiger charge is -2.07. The van der Waals surface area contributed by atoms with Gasteiger partial charge in [-0.25, -0.2) is 5.43 Å². The van der Waals surface area contributed by atoms with Gasteiger partial charge in [-0.3, -0.25) is 9.78 Å². The van der Waals surface area contributed by atoms with E-state index in [0.717, 1.165) is 10.2 Å². The molecule has 0 aliphatic heterocycles. The summed E-state index contributed by atoms with van der Waals surface area (Å²) < 4.78 is 5.95. The van der Waals surface area contributed by atoms with Crippen molar-refractivity contribution in [2.75, 3.05) is 7.11 Å². The van der Waals surface area contributed by atoms with Gasteiger partial charge in [-0.2, -0.15) is 5.10 Å². The summed E-state index contributed by atoms with van der Waals surface area (Å²) >= 11 is 3.32. The second kappa shape index (κ2) is 6.99. The fourth-order valence-corrected chi connectivity index (χ4v) is 2.07. The maximum atomic E-state index is 12.1. The molecule has 0 saturated heterocycles. The Balaban J connectivity index is 2.10. The number of nitrogens with zero attached hydrogens (tertiary/aromatic N) is 2. The van der Waals surface area contributed by atoms with Crippen molar-refractivity contribution in [1.82, 2.24) is 10.4 Å². The molecule has 0 atom stereocenters. The quantitative estimate of drug-likeness (QED) is 0.683. The van der Waals surface area contributed by atoms with E-state index in [0.29, 0.717) is 17.0 Å². The van der Waals surface area contributed by atoms with Crippen LogP contribution in [-0.4, -0.2) is 24.2 Å². The zero-order valence-corrected chi connectivity index (χ0v) is 13.2. The Morgan fingerprint density at radius 2 is 2.19 bits per heavy atom. The lowest BCUT2D eigenvalue weighted by Crippen LogP contribution is -2.18. The van der Waals surface area contributed by atoms with E-state index < -0.39 is 0 Å². The van der Waals surface area contributed by atoms with Crippen molar-refractivity contribution in [3.63, 3.8) is 0 Å². The number of nitrogens with one attached hydrogen (secondary N) is 1. The SMILES string of the molecule is COc1ccc(Br)cc1C(=O)N/N=C/c1cccc(C)n1. The van der Waals surface area contributed by atoms with E-state index in [2.05, 4.69) is 31.4 Å². The molecule has 2 rings (SSSR count). The summed E-state index contributed by atoms with van der Waals surface area (Å²) in [4.78, 5) is 16.3. The van der Waals surface area contributed by atoms with Gasteiger partial charge >= 0.3 is 0 Å². The highest BCUT2D eigenvalue weighted by Gasteiger charge is 2.11. The highest BCUT2D eigenvalue weighted by molar-refractivity contribution is 9.10. The minimum absolute atomic E-state index is 0.350. The zero-order chi connectivity index (χ0) is 15.2. The standard InChI is InChI=1S/C15H14BrN3O2/c1-10-4-3-5-12(18-10)9-17-19-15(20)13-8-11(16)6-7-14(13)21-2/h3-9H,1-2H3,(H,19,20)/b17-9+. The van der Waals surface area contributed by atoms with Crippen LogP contribution in [0.25, 0.3) is 0 Å². The first-order chi connectivity index (χ1) is 10.1. The molecule has 1 N–H and O–H groups in total. The molecule has 1 aromatic heterocycles. The Kier molecular flexibility index (Phi) is 5.05. The maximum absolute atomic E-state index is 12.1. The van der Waals surface area contributed by atoms with Gasteiger partial charge in [-0.05, 0) is 37.3 Å². The van der Waals surface area contributed by atoms with Crippen LogP contribution in [0.4, 0.5) is 0 Å². The van der Waals surface area contributed by atoms with Crippen LogP contribution in [0, 0.1) is 6.92 Å². The molecule has 0 spiro atoms. The Morgan fingerprint density at radius 3 is 2.90 bits per heavy atom. The maximum Gasteiger partial charge on any atom is 0.275 e. The Morgan fingerprint density at radius 1 is 1.38 bits per heavy atom. The van der Waals surface area contributed by atoms with Crippen LogP contribution in [0.2, 0.25) is 0 Å². The van der Waals surface area contributed by atoms with Crippen LogP contribution in [0.1, 0.15) is 21.7 Å². The summed E-state index contributed by atoms with van der Waals surface area (Å²) in [7, 11) is 1.51. The molecule has 0 unspecified atom stereocenters. The summed E-state index contributed by atoms with van der Waals surface area (Å²) in [5.74, 6) is 0.136. The van der Waals surface area contributed by atoms with Gasteiger partial charge in [0, 0.05) is 10.2 Å². The first-order valence-electron chi connectivity index (χ1n) is 6.21. The molecule has 108 valence electrons. The highest BCUT2D eigenvalue weighted by Crippen LogP contribution is 2.22. The highest BCUT2D eigenvalue weighted by atomic mass is 79.9. The molecule has 0 aliphatic carbocycles. The van der Waals surface area contributed by atoms with Crippen molar-refractivity contribution in [3.05, 3.63) is 57.8 Å². The van der Waals surface area contributed by atoms with E-state index >= 15 is 0 Å². The van der Waals surface area contributed by atoms with Crippen LogP contribution < -0.4 is 10.2 Å². The monoisotopic (exact) mass is 347 g/mol. The molecule has 1 amide bonds. The van der Waals surface area contributed by atoms with Crippen molar-refractivity contribution in [2.45, 2.75) is 6.92 Å². The Labute approximate surface area is 131 Å². The number of hydrogen-bond acceptors (Lipinski definition) is 4. The predicted molar refractivity (Wildman–Crippen MR) is 84.7 cm³/mol. The number of carbonyl (C=O) groups is 1. The molecule has 2 aromatic rings. The van der Waals surface area contributed by atoms with Crippen LogP contribution in [0.3, 0.4) is 0 Å². The molecule has 1 heterocycles. The van der Waals surface area contributed by atoms with Gasteiger partial charge in [0.1, 0.15) is 5.75 Å². The Hall–Kier alpha value is -2.21. The minimum Gasteiger partial charge on any atom is -0.496 e. The molecule has 0 bridgehead atoms. The number of halogens is 1. The lowest BCUT2D eigenvalue weighted by atomic mass is 10.2. The number of pyridine rings is 1. The third-order valence-electron chi connectivity index (χ3n) is 2.68. The predicted octanol–water partition coefficient (Wildman–Crippen LogP) is 2.93. The summed E-state index contributed by atoms with van der Waals surface area (Å²) in [5, 5.41) is 3.91. The fraction of sp³-hybridized carbons (Fsp3) is 0.133. The molecule has 1 aromatic carbocycles. The van der Waals surface area contributed by atoms with Crippen LogP contribution in [0.15, 0.2) is 46.0 Å². The molecular formula is C15H14BrN3O2. The molecule has 0 aliphatic rings. The molecule has 0 radical (unpaired) electrons. The van der Waals surface area contributed by atoms with E-state index in [9.17, 15) is 4.79 Å². The van der Waals surface area contributed by atoms with Crippen molar-refractivity contribution in [1.29, 1.82) is 0 Å². The normalized spacial score (nSPS) is 10.6. The number of hydrazone groups is 1. The van der Waals surface area contributed by atoms with Gasteiger partial charge < -0.3 is 4.74 Å². The number of rotatable bonds is 4. The topological polar surface area (TPSA) is 63.6 Å². The summed E-state index contributed by atoms with van der Waals surface area (Å²) in [6, 6.07) is 10.8. The number of methoxy groups -OCH3 is 1. The molecular weight excluding hydrogens is 334 g/mol. The van der Waals surface area contributed by atoms with E-state index in [1.54, 1.807) is 18.2 Å². The van der Waals surface area contributed by atoms with E-state index in [1.807, 2.05) is 25.1 Å². The number of benzene rings is 1. The van der Waals surface area contributed by atoms with E-state index in [-0.39, 0.29) is 5.91 Å². The molecule has 0 fully saturated rings. The van der Waals surface area contributed by atoms with Crippen molar-refractivity contribution >= 4 is 28.1 Å². The van der Waals surface area contributed by atoms with Crippen molar-refractivity contribution < 1.29 is 9.53 Å². The molecule has 6 heteroatoms. The third-order valence-corrected chi connectivity index (χ3v) is 3.17. The van der Waals surface area contributed by atoms with Gasteiger partial charge in [0.05, 0.1) is 24.6 Å². The van der Waals surface area contributed by atoms with E-state index in [1.165, 1.54) is 13.3 Å². The number of aromatic nitrogens is 1. The van der Waals surface area contributed by atoms with Crippen molar-refractivity contribution in [2.24, 2.45) is 5.10 Å². The number of hydrogen-bond donors (Lipinski definition) is 1. The number of carbonyl (C=O) groups excluding carboxylic acids is 1. The van der Waals surface area contributed by atoms with Gasteiger partial charge in [-0.15, -0.1) is 0 Å².